The molecule has 1 unspecified atom stereocenters. The Morgan fingerprint density at radius 3 is 2.84 bits per heavy atom. The number of hydrogen-bond acceptors (Lipinski definition) is 5. The van der Waals surface area contributed by atoms with Gasteiger partial charge in [0.05, 0.1) is 23.9 Å². The van der Waals surface area contributed by atoms with Crippen LogP contribution in [-0.2, 0) is 4.79 Å². The third-order valence-corrected chi connectivity index (χ3v) is 5.76. The Bertz CT molecular complexity index is 747. The van der Waals surface area contributed by atoms with Crippen LogP contribution in [0.2, 0.25) is 5.02 Å². The van der Waals surface area contributed by atoms with E-state index in [2.05, 4.69) is 10.6 Å². The van der Waals surface area contributed by atoms with E-state index in [0.717, 1.165) is 21.1 Å². The van der Waals surface area contributed by atoms with Crippen molar-refractivity contribution in [3.8, 4) is 11.3 Å². The number of hydrogen-bond donors (Lipinski definition) is 3. The van der Waals surface area contributed by atoms with Crippen LogP contribution < -0.4 is 10.6 Å². The number of aromatic nitrogens is 1. The van der Waals surface area contributed by atoms with Gasteiger partial charge in [0, 0.05) is 15.5 Å². The van der Waals surface area contributed by atoms with E-state index in [1.54, 1.807) is 11.3 Å². The molecule has 1 aliphatic heterocycles. The van der Waals surface area contributed by atoms with E-state index in [9.17, 15) is 9.90 Å². The highest BCUT2D eigenvalue weighted by molar-refractivity contribution is 7.12. The van der Waals surface area contributed by atoms with Crippen molar-refractivity contribution in [1.82, 2.24) is 15.6 Å². The molecule has 5 nitrogen and oxygen atoms in total. The van der Waals surface area contributed by atoms with Gasteiger partial charge in [0.1, 0.15) is 5.01 Å². The second kappa shape index (κ2) is 7.83. The molecule has 1 amide bonds. The Balaban J connectivity index is 1.70. The van der Waals surface area contributed by atoms with E-state index in [0.29, 0.717) is 24.4 Å². The van der Waals surface area contributed by atoms with Crippen LogP contribution in [0.1, 0.15) is 35.7 Å². The Hall–Kier alpha value is -1.47. The number of aryl methyl sites for hydroxylation is 1. The summed E-state index contributed by atoms with van der Waals surface area (Å²) in [6.45, 7) is 4.62. The van der Waals surface area contributed by atoms with Crippen LogP contribution in [0.4, 0.5) is 0 Å². The van der Waals surface area contributed by atoms with E-state index in [1.807, 2.05) is 38.1 Å². The summed E-state index contributed by atoms with van der Waals surface area (Å²) in [5.74, 6) is -0.0906. The second-order valence-corrected chi connectivity index (χ2v) is 8.05. The molecule has 0 bridgehead atoms. The minimum atomic E-state index is -0.411. The van der Waals surface area contributed by atoms with Gasteiger partial charge in [-0.15, -0.1) is 11.3 Å². The summed E-state index contributed by atoms with van der Waals surface area (Å²) in [7, 11) is 0. The largest absolute Gasteiger partial charge is 0.393 e. The molecule has 2 aromatic rings. The monoisotopic (exact) mass is 379 g/mol. The molecular formula is C18H22ClN3O2S. The van der Waals surface area contributed by atoms with Crippen molar-refractivity contribution in [2.24, 2.45) is 0 Å². The first-order valence-corrected chi connectivity index (χ1v) is 9.58. The zero-order chi connectivity index (χ0) is 18.0. The van der Waals surface area contributed by atoms with Crippen molar-refractivity contribution in [3.63, 3.8) is 0 Å². The zero-order valence-electron chi connectivity index (χ0n) is 14.3. The predicted molar refractivity (Wildman–Crippen MR) is 101 cm³/mol. The number of carbonyl (C=O) groups is 1. The molecule has 3 rings (SSSR count). The topological polar surface area (TPSA) is 74.2 Å². The van der Waals surface area contributed by atoms with Gasteiger partial charge in [0.25, 0.3) is 0 Å². The quantitative estimate of drug-likeness (QED) is 0.763. The number of piperidine rings is 1. The maximum absolute atomic E-state index is 12.4. The van der Waals surface area contributed by atoms with Gasteiger partial charge in [-0.1, -0.05) is 23.7 Å². The summed E-state index contributed by atoms with van der Waals surface area (Å²) in [6, 6.07) is 7.07. The zero-order valence-corrected chi connectivity index (χ0v) is 15.8. The lowest BCUT2D eigenvalue weighted by molar-refractivity contribution is -0.125. The van der Waals surface area contributed by atoms with Crippen LogP contribution in [0.5, 0.6) is 0 Å². The van der Waals surface area contributed by atoms with E-state index >= 15 is 0 Å². The molecule has 1 saturated heterocycles. The maximum Gasteiger partial charge on any atom is 0.237 e. The van der Waals surface area contributed by atoms with Crippen LogP contribution in [0.15, 0.2) is 24.3 Å². The normalized spacial score (nSPS) is 21.8. The summed E-state index contributed by atoms with van der Waals surface area (Å²) in [4.78, 5) is 18.2. The Kier molecular flexibility index (Phi) is 5.74. The Morgan fingerprint density at radius 1 is 1.44 bits per heavy atom. The van der Waals surface area contributed by atoms with Gasteiger partial charge in [-0.3, -0.25) is 4.79 Å². The number of aliphatic hydroxyl groups excluding tert-OH is 1. The van der Waals surface area contributed by atoms with Gasteiger partial charge in [0.2, 0.25) is 5.91 Å². The van der Waals surface area contributed by atoms with Crippen LogP contribution in [0.25, 0.3) is 11.3 Å². The number of nitrogens with one attached hydrogen (secondary N) is 2. The first kappa shape index (κ1) is 18.3. The molecule has 0 spiro atoms. The minimum absolute atomic E-state index is 0.0906. The summed E-state index contributed by atoms with van der Waals surface area (Å²) in [5.41, 5.74) is 1.93. The Morgan fingerprint density at radius 2 is 2.16 bits per heavy atom. The molecule has 1 aromatic heterocycles. The van der Waals surface area contributed by atoms with Crippen molar-refractivity contribution in [3.05, 3.63) is 39.2 Å². The highest BCUT2D eigenvalue weighted by Gasteiger charge is 2.27. The molecule has 1 aromatic carbocycles. The molecule has 3 atom stereocenters. The maximum atomic E-state index is 12.4. The summed E-state index contributed by atoms with van der Waals surface area (Å²) in [5, 5.41) is 17.4. The lowest BCUT2D eigenvalue weighted by Crippen LogP contribution is -2.50. The number of benzene rings is 1. The highest BCUT2D eigenvalue weighted by atomic mass is 35.5. The molecule has 1 aliphatic rings. The van der Waals surface area contributed by atoms with Crippen LogP contribution in [-0.4, -0.2) is 34.7 Å². The molecule has 0 saturated carbocycles. The van der Waals surface area contributed by atoms with Crippen molar-refractivity contribution in [2.75, 3.05) is 6.54 Å². The molecule has 134 valence electrons. The van der Waals surface area contributed by atoms with Crippen molar-refractivity contribution >= 4 is 28.8 Å². The number of amides is 1. The van der Waals surface area contributed by atoms with Crippen LogP contribution >= 0.6 is 22.9 Å². The van der Waals surface area contributed by atoms with Gasteiger partial charge >= 0.3 is 0 Å². The molecular weight excluding hydrogens is 358 g/mol. The summed E-state index contributed by atoms with van der Waals surface area (Å²) < 4.78 is 0. The molecule has 0 aliphatic carbocycles. The fourth-order valence-electron chi connectivity index (χ4n) is 2.95. The number of carbonyl (C=O) groups excluding carboxylic acids is 1. The number of thiazole rings is 1. The highest BCUT2D eigenvalue weighted by Crippen LogP contribution is 2.31. The van der Waals surface area contributed by atoms with E-state index in [-0.39, 0.29) is 18.0 Å². The van der Waals surface area contributed by atoms with Crippen LogP contribution in [0, 0.1) is 6.92 Å². The van der Waals surface area contributed by atoms with Gasteiger partial charge < -0.3 is 15.7 Å². The molecule has 1 fully saturated rings. The van der Waals surface area contributed by atoms with Gasteiger partial charge in [-0.25, -0.2) is 4.98 Å². The number of rotatable bonds is 4. The van der Waals surface area contributed by atoms with E-state index in [4.69, 9.17) is 16.6 Å². The van der Waals surface area contributed by atoms with Crippen LogP contribution in [0.3, 0.4) is 0 Å². The fraction of sp³-hybridized carbons (Fsp3) is 0.444. The fourth-order valence-corrected chi connectivity index (χ4v) is 4.02. The lowest BCUT2D eigenvalue weighted by atomic mass is 10.0. The second-order valence-electron chi connectivity index (χ2n) is 6.38. The minimum Gasteiger partial charge on any atom is -0.393 e. The SMILES string of the molecule is Cc1sc(C(C)NC(=O)[C@@H]2C[C@H](O)CCN2)nc1-c1ccc(Cl)cc1. The number of halogens is 1. The lowest BCUT2D eigenvalue weighted by Gasteiger charge is -2.27. The average molecular weight is 380 g/mol. The van der Waals surface area contributed by atoms with Gasteiger partial charge in [0.15, 0.2) is 0 Å². The predicted octanol–water partition coefficient (Wildman–Crippen LogP) is 3.06. The Labute approximate surface area is 156 Å². The van der Waals surface area contributed by atoms with Crippen molar-refractivity contribution in [1.29, 1.82) is 0 Å². The first-order chi connectivity index (χ1) is 11.9. The summed E-state index contributed by atoms with van der Waals surface area (Å²) >= 11 is 7.53. The van der Waals surface area contributed by atoms with E-state index < -0.39 is 6.10 Å². The molecule has 3 N–H and O–H groups in total. The third kappa shape index (κ3) is 4.39. The molecule has 0 radical (unpaired) electrons. The van der Waals surface area contributed by atoms with Gasteiger partial charge in [-0.2, -0.15) is 0 Å². The smallest absolute Gasteiger partial charge is 0.237 e. The van der Waals surface area contributed by atoms with Gasteiger partial charge in [-0.05, 0) is 45.4 Å². The first-order valence-electron chi connectivity index (χ1n) is 8.39. The molecule has 2 heterocycles. The molecule has 7 heteroatoms. The summed E-state index contributed by atoms with van der Waals surface area (Å²) in [6.07, 6.45) is 0.729. The third-order valence-electron chi connectivity index (χ3n) is 4.35. The molecule has 25 heavy (non-hydrogen) atoms. The van der Waals surface area contributed by atoms with Crippen molar-refractivity contribution < 1.29 is 9.90 Å². The standard InChI is InChI=1S/C18H22ClN3O2S/c1-10(21-17(24)15-9-14(23)7-8-20-15)18-22-16(11(2)25-18)12-3-5-13(19)6-4-12/h3-6,10,14-15,20,23H,7-9H2,1-2H3,(H,21,24)/t10?,14-,15+/m1/s1. The number of nitrogens with zero attached hydrogens (tertiary/aromatic N) is 1. The van der Waals surface area contributed by atoms with E-state index in [1.165, 1.54) is 0 Å². The average Bonchev–Trinajstić information content (AvgIpc) is 2.97. The number of aliphatic hydroxyl groups is 1. The van der Waals surface area contributed by atoms with Crippen molar-refractivity contribution in [2.45, 2.75) is 44.9 Å².